The summed E-state index contributed by atoms with van der Waals surface area (Å²) in [5.74, 6) is -0.411. The van der Waals surface area contributed by atoms with Crippen molar-refractivity contribution in [2.24, 2.45) is 17.6 Å². The van der Waals surface area contributed by atoms with E-state index in [2.05, 4.69) is 16.8 Å². The van der Waals surface area contributed by atoms with Crippen LogP contribution in [0.5, 0.6) is 0 Å². The number of amides is 2. The van der Waals surface area contributed by atoms with Crippen LogP contribution in [0.15, 0.2) is 12.7 Å². The Kier molecular flexibility index (Phi) is 5.58. The molecular formula is C16H27N3O3. The molecule has 3 atom stereocenters. The number of nitrogens with one attached hydrogen (secondary N) is 1. The van der Waals surface area contributed by atoms with E-state index in [0.29, 0.717) is 19.6 Å². The molecule has 1 saturated heterocycles. The molecule has 6 heteroatoms. The van der Waals surface area contributed by atoms with Crippen molar-refractivity contribution in [3.63, 3.8) is 0 Å². The first kappa shape index (κ1) is 17.0. The third-order valence-corrected chi connectivity index (χ3v) is 4.92. The average Bonchev–Trinajstić information content (AvgIpc) is 2.49. The van der Waals surface area contributed by atoms with Crippen molar-refractivity contribution in [3.05, 3.63) is 12.7 Å². The van der Waals surface area contributed by atoms with E-state index in [1.165, 1.54) is 6.92 Å². The van der Waals surface area contributed by atoms with Gasteiger partial charge in [-0.3, -0.25) is 14.5 Å². The monoisotopic (exact) mass is 309 g/mol. The van der Waals surface area contributed by atoms with E-state index in [9.17, 15) is 9.59 Å². The van der Waals surface area contributed by atoms with Crippen LogP contribution in [0.3, 0.4) is 0 Å². The number of nitrogens with two attached hydrogens (primary N) is 1. The molecule has 1 saturated carbocycles. The number of morpholine rings is 1. The standard InChI is InChI=1S/C16H27N3O3/c1-3-13-4-5-14(11-19-6-8-22-9-7-19)16(10-13,15(17)21)18-12(2)20/h3,13-14H,1,4-11H2,2H3,(H2,17,21)(H,18,20). The van der Waals surface area contributed by atoms with Crippen molar-refractivity contribution in [3.8, 4) is 0 Å². The van der Waals surface area contributed by atoms with E-state index in [4.69, 9.17) is 10.5 Å². The number of carbonyl (C=O) groups excluding carboxylic acids is 2. The molecule has 0 radical (unpaired) electrons. The number of ether oxygens (including phenoxy) is 1. The molecule has 3 N–H and O–H groups in total. The van der Waals surface area contributed by atoms with Gasteiger partial charge in [0.2, 0.25) is 11.8 Å². The Morgan fingerprint density at radius 1 is 1.41 bits per heavy atom. The van der Waals surface area contributed by atoms with Gasteiger partial charge in [-0.25, -0.2) is 0 Å². The zero-order chi connectivity index (χ0) is 16.2. The molecule has 0 aromatic rings. The number of rotatable bonds is 5. The lowest BCUT2D eigenvalue weighted by Gasteiger charge is -2.46. The van der Waals surface area contributed by atoms with E-state index < -0.39 is 11.4 Å². The van der Waals surface area contributed by atoms with E-state index in [0.717, 1.165) is 32.5 Å². The number of primary amides is 1. The highest BCUT2D eigenvalue weighted by Gasteiger charge is 2.49. The predicted molar refractivity (Wildman–Crippen MR) is 84.0 cm³/mol. The highest BCUT2D eigenvalue weighted by molar-refractivity contribution is 5.90. The topological polar surface area (TPSA) is 84.7 Å². The Labute approximate surface area is 132 Å². The van der Waals surface area contributed by atoms with Gasteiger partial charge in [0, 0.05) is 32.5 Å². The van der Waals surface area contributed by atoms with Crippen molar-refractivity contribution in [1.29, 1.82) is 0 Å². The van der Waals surface area contributed by atoms with Crippen LogP contribution < -0.4 is 11.1 Å². The van der Waals surface area contributed by atoms with Crippen LogP contribution in [-0.2, 0) is 14.3 Å². The van der Waals surface area contributed by atoms with Gasteiger partial charge in [-0.2, -0.15) is 0 Å². The highest BCUT2D eigenvalue weighted by atomic mass is 16.5. The van der Waals surface area contributed by atoms with E-state index >= 15 is 0 Å². The molecule has 6 nitrogen and oxygen atoms in total. The first-order chi connectivity index (χ1) is 10.5. The van der Waals surface area contributed by atoms with Gasteiger partial charge in [0.25, 0.3) is 0 Å². The van der Waals surface area contributed by atoms with E-state index in [-0.39, 0.29) is 17.7 Å². The summed E-state index contributed by atoms with van der Waals surface area (Å²) in [4.78, 5) is 26.2. The maximum absolute atomic E-state index is 12.3. The highest BCUT2D eigenvalue weighted by Crippen LogP contribution is 2.38. The maximum Gasteiger partial charge on any atom is 0.243 e. The molecule has 22 heavy (non-hydrogen) atoms. The summed E-state index contributed by atoms with van der Waals surface area (Å²) in [7, 11) is 0. The second-order valence-corrected chi connectivity index (χ2v) is 6.40. The van der Waals surface area contributed by atoms with Gasteiger partial charge in [0.05, 0.1) is 13.2 Å². The fourth-order valence-corrected chi connectivity index (χ4v) is 3.72. The summed E-state index contributed by atoms with van der Waals surface area (Å²) in [6.45, 7) is 9.18. The molecule has 2 aliphatic rings. The van der Waals surface area contributed by atoms with Crippen molar-refractivity contribution >= 4 is 11.8 Å². The Bertz CT molecular complexity index is 434. The molecule has 124 valence electrons. The first-order valence-electron chi connectivity index (χ1n) is 7.99. The SMILES string of the molecule is C=CC1CCC(CN2CCOCC2)C(NC(C)=O)(C(N)=O)C1. The quantitative estimate of drug-likeness (QED) is 0.715. The third-order valence-electron chi connectivity index (χ3n) is 4.92. The second kappa shape index (κ2) is 7.24. The minimum absolute atomic E-state index is 0.0307. The number of carbonyl (C=O) groups is 2. The Hall–Kier alpha value is -1.40. The van der Waals surface area contributed by atoms with Crippen LogP contribution in [-0.4, -0.2) is 55.1 Å². The fourth-order valence-electron chi connectivity index (χ4n) is 3.72. The zero-order valence-corrected chi connectivity index (χ0v) is 13.3. The van der Waals surface area contributed by atoms with Gasteiger partial charge in [0.1, 0.15) is 5.54 Å². The van der Waals surface area contributed by atoms with E-state index in [1.807, 2.05) is 6.08 Å². The van der Waals surface area contributed by atoms with Crippen LogP contribution in [0.1, 0.15) is 26.2 Å². The zero-order valence-electron chi connectivity index (χ0n) is 13.3. The summed E-state index contributed by atoms with van der Waals surface area (Å²) in [5, 5.41) is 2.88. The minimum Gasteiger partial charge on any atom is -0.379 e. The number of nitrogens with zero attached hydrogens (tertiary/aromatic N) is 1. The number of hydrogen-bond donors (Lipinski definition) is 2. The molecule has 2 rings (SSSR count). The Morgan fingerprint density at radius 3 is 2.64 bits per heavy atom. The lowest BCUT2D eigenvalue weighted by Crippen LogP contribution is -2.65. The second-order valence-electron chi connectivity index (χ2n) is 6.40. The first-order valence-corrected chi connectivity index (χ1v) is 7.99. The van der Waals surface area contributed by atoms with Gasteiger partial charge >= 0.3 is 0 Å². The van der Waals surface area contributed by atoms with Crippen molar-refractivity contribution in [2.75, 3.05) is 32.8 Å². The summed E-state index contributed by atoms with van der Waals surface area (Å²) in [6.07, 6.45) is 4.25. The molecular weight excluding hydrogens is 282 g/mol. The lowest BCUT2D eigenvalue weighted by atomic mass is 9.67. The molecule has 0 bridgehead atoms. The fraction of sp³-hybridized carbons (Fsp3) is 0.750. The molecule has 1 aliphatic heterocycles. The van der Waals surface area contributed by atoms with Gasteiger partial charge < -0.3 is 15.8 Å². The molecule has 0 spiro atoms. The summed E-state index contributed by atoms with van der Waals surface area (Å²) in [5.41, 5.74) is 4.76. The minimum atomic E-state index is -0.971. The Balaban J connectivity index is 2.20. The van der Waals surface area contributed by atoms with Crippen LogP contribution in [0.2, 0.25) is 0 Å². The lowest BCUT2D eigenvalue weighted by molar-refractivity contribution is -0.136. The molecule has 1 aliphatic carbocycles. The normalized spacial score (nSPS) is 33.1. The molecule has 1 heterocycles. The van der Waals surface area contributed by atoms with Crippen molar-refractivity contribution in [1.82, 2.24) is 10.2 Å². The van der Waals surface area contributed by atoms with Gasteiger partial charge in [-0.1, -0.05) is 6.08 Å². The van der Waals surface area contributed by atoms with Crippen LogP contribution in [0.4, 0.5) is 0 Å². The predicted octanol–water partition coefficient (Wildman–Crippen LogP) is 0.281. The molecule has 0 aromatic carbocycles. The number of allylic oxidation sites excluding steroid dienone is 1. The van der Waals surface area contributed by atoms with Crippen molar-refractivity contribution in [2.45, 2.75) is 31.7 Å². The molecule has 2 fully saturated rings. The van der Waals surface area contributed by atoms with Crippen LogP contribution >= 0.6 is 0 Å². The molecule has 0 aromatic heterocycles. The third kappa shape index (κ3) is 3.67. The number of hydrogen-bond acceptors (Lipinski definition) is 4. The average molecular weight is 309 g/mol. The molecule has 3 unspecified atom stereocenters. The smallest absolute Gasteiger partial charge is 0.243 e. The van der Waals surface area contributed by atoms with Gasteiger partial charge in [-0.05, 0) is 25.2 Å². The Morgan fingerprint density at radius 2 is 2.09 bits per heavy atom. The largest absolute Gasteiger partial charge is 0.379 e. The summed E-state index contributed by atoms with van der Waals surface area (Å²) in [6, 6.07) is 0. The van der Waals surface area contributed by atoms with Gasteiger partial charge in [0.15, 0.2) is 0 Å². The van der Waals surface area contributed by atoms with Crippen molar-refractivity contribution < 1.29 is 14.3 Å². The maximum atomic E-state index is 12.3. The summed E-state index contributed by atoms with van der Waals surface area (Å²) < 4.78 is 5.37. The van der Waals surface area contributed by atoms with Crippen LogP contribution in [0, 0.1) is 11.8 Å². The summed E-state index contributed by atoms with van der Waals surface area (Å²) >= 11 is 0. The van der Waals surface area contributed by atoms with Crippen LogP contribution in [0.25, 0.3) is 0 Å². The molecule has 2 amide bonds. The van der Waals surface area contributed by atoms with E-state index in [1.54, 1.807) is 0 Å². The van der Waals surface area contributed by atoms with Gasteiger partial charge in [-0.15, -0.1) is 6.58 Å².